The predicted octanol–water partition coefficient (Wildman–Crippen LogP) is 5.32. The lowest BCUT2D eigenvalue weighted by Gasteiger charge is -2.49. The SMILES string of the molecule is COCC1C(c2ccc(O)cc2)CCCC1(c1ccc(O)cc1)c1ccc(O)cc1. The largest absolute Gasteiger partial charge is 0.508 e. The first-order valence-corrected chi connectivity index (χ1v) is 10.4. The molecule has 0 bridgehead atoms. The molecule has 4 rings (SSSR count). The van der Waals surface area contributed by atoms with Crippen LogP contribution in [0.4, 0.5) is 0 Å². The Morgan fingerprint density at radius 1 is 0.767 bits per heavy atom. The third-order valence-electron chi connectivity index (χ3n) is 6.64. The molecule has 1 fully saturated rings. The van der Waals surface area contributed by atoms with Gasteiger partial charge in [-0.1, -0.05) is 42.8 Å². The highest BCUT2D eigenvalue weighted by atomic mass is 16.5. The Morgan fingerprint density at radius 2 is 1.23 bits per heavy atom. The van der Waals surface area contributed by atoms with Crippen molar-refractivity contribution in [1.29, 1.82) is 0 Å². The Morgan fingerprint density at radius 3 is 1.70 bits per heavy atom. The first-order valence-electron chi connectivity index (χ1n) is 10.4. The van der Waals surface area contributed by atoms with Gasteiger partial charge in [0.1, 0.15) is 17.2 Å². The van der Waals surface area contributed by atoms with E-state index in [1.165, 1.54) is 5.56 Å². The quantitative estimate of drug-likeness (QED) is 0.538. The van der Waals surface area contributed by atoms with Crippen LogP contribution in [0.3, 0.4) is 0 Å². The van der Waals surface area contributed by atoms with E-state index in [2.05, 4.69) is 0 Å². The summed E-state index contributed by atoms with van der Waals surface area (Å²) in [7, 11) is 1.74. The maximum Gasteiger partial charge on any atom is 0.115 e. The van der Waals surface area contributed by atoms with Gasteiger partial charge in [-0.3, -0.25) is 0 Å². The molecule has 30 heavy (non-hydrogen) atoms. The molecule has 1 aliphatic carbocycles. The second kappa shape index (κ2) is 8.41. The summed E-state index contributed by atoms with van der Waals surface area (Å²) in [4.78, 5) is 0. The van der Waals surface area contributed by atoms with Gasteiger partial charge in [-0.05, 0) is 71.8 Å². The lowest BCUT2D eigenvalue weighted by molar-refractivity contribution is 0.0737. The second-order valence-electron chi connectivity index (χ2n) is 8.22. The molecule has 4 heteroatoms. The van der Waals surface area contributed by atoms with Crippen molar-refractivity contribution < 1.29 is 20.1 Å². The first kappa shape index (κ1) is 20.3. The number of aromatic hydroxyl groups is 3. The molecule has 4 nitrogen and oxygen atoms in total. The molecule has 0 aromatic heterocycles. The standard InChI is InChI=1S/C26H28O4/c1-30-17-25-24(18-4-10-21(27)11-5-18)3-2-16-26(25,19-6-12-22(28)13-7-19)20-8-14-23(29)15-9-20/h4-15,24-25,27-29H,2-3,16-17H2,1H3. The Hall–Kier alpha value is -2.98. The van der Waals surface area contributed by atoms with Crippen LogP contribution in [0.5, 0.6) is 17.2 Å². The third kappa shape index (κ3) is 3.63. The van der Waals surface area contributed by atoms with Crippen LogP contribution >= 0.6 is 0 Å². The number of phenols is 3. The summed E-state index contributed by atoms with van der Waals surface area (Å²) < 4.78 is 5.75. The maximum absolute atomic E-state index is 9.89. The molecular weight excluding hydrogens is 376 g/mol. The number of ether oxygens (including phenoxy) is 1. The fraction of sp³-hybridized carbons (Fsp3) is 0.308. The molecule has 3 N–H and O–H groups in total. The topological polar surface area (TPSA) is 69.9 Å². The number of hydrogen-bond acceptors (Lipinski definition) is 4. The average molecular weight is 405 g/mol. The van der Waals surface area contributed by atoms with Gasteiger partial charge in [-0.15, -0.1) is 0 Å². The van der Waals surface area contributed by atoms with Gasteiger partial charge < -0.3 is 20.1 Å². The number of rotatable bonds is 5. The van der Waals surface area contributed by atoms with E-state index in [4.69, 9.17) is 4.74 Å². The molecule has 1 saturated carbocycles. The Labute approximate surface area is 177 Å². The van der Waals surface area contributed by atoms with E-state index in [9.17, 15) is 15.3 Å². The van der Waals surface area contributed by atoms with E-state index in [-0.39, 0.29) is 34.5 Å². The molecule has 0 heterocycles. The normalized spacial score (nSPS) is 20.7. The minimum Gasteiger partial charge on any atom is -0.508 e. The molecular formula is C26H28O4. The van der Waals surface area contributed by atoms with Crippen LogP contribution in [-0.4, -0.2) is 29.0 Å². The van der Waals surface area contributed by atoms with Crippen LogP contribution in [0.2, 0.25) is 0 Å². The monoisotopic (exact) mass is 404 g/mol. The number of hydrogen-bond donors (Lipinski definition) is 3. The Bertz CT molecular complexity index is 916. The molecule has 2 unspecified atom stereocenters. The van der Waals surface area contributed by atoms with Crippen molar-refractivity contribution in [2.45, 2.75) is 30.6 Å². The zero-order chi connectivity index (χ0) is 21.1. The summed E-state index contributed by atoms with van der Waals surface area (Å²) in [6, 6.07) is 22.5. The zero-order valence-electron chi connectivity index (χ0n) is 17.2. The van der Waals surface area contributed by atoms with E-state index in [0.29, 0.717) is 6.61 Å². The van der Waals surface area contributed by atoms with Gasteiger partial charge >= 0.3 is 0 Å². The summed E-state index contributed by atoms with van der Waals surface area (Å²) in [5, 5.41) is 29.5. The van der Waals surface area contributed by atoms with Gasteiger partial charge in [-0.2, -0.15) is 0 Å². The highest BCUT2D eigenvalue weighted by molar-refractivity contribution is 5.46. The minimum absolute atomic E-state index is 0.148. The third-order valence-corrected chi connectivity index (χ3v) is 6.64. The van der Waals surface area contributed by atoms with Crippen molar-refractivity contribution in [2.75, 3.05) is 13.7 Å². The van der Waals surface area contributed by atoms with Crippen LogP contribution < -0.4 is 0 Å². The number of methoxy groups -OCH3 is 1. The molecule has 156 valence electrons. The van der Waals surface area contributed by atoms with Crippen LogP contribution in [0.25, 0.3) is 0 Å². The van der Waals surface area contributed by atoms with E-state index in [1.807, 2.05) is 36.4 Å². The minimum atomic E-state index is -0.321. The van der Waals surface area contributed by atoms with Crippen molar-refractivity contribution in [3.05, 3.63) is 89.5 Å². The Kier molecular flexibility index (Phi) is 5.69. The van der Waals surface area contributed by atoms with Crippen molar-refractivity contribution in [3.63, 3.8) is 0 Å². The smallest absolute Gasteiger partial charge is 0.115 e. The molecule has 0 saturated heterocycles. The fourth-order valence-corrected chi connectivity index (χ4v) is 5.29. The summed E-state index contributed by atoms with van der Waals surface area (Å²) in [6.45, 7) is 0.577. The molecule has 0 spiro atoms. The first-order chi connectivity index (χ1) is 14.5. The van der Waals surface area contributed by atoms with Crippen molar-refractivity contribution in [2.24, 2.45) is 5.92 Å². The van der Waals surface area contributed by atoms with Crippen LogP contribution in [-0.2, 0) is 10.2 Å². The van der Waals surface area contributed by atoms with Crippen molar-refractivity contribution in [1.82, 2.24) is 0 Å². The van der Waals surface area contributed by atoms with Gasteiger partial charge in [0.2, 0.25) is 0 Å². The predicted molar refractivity (Wildman–Crippen MR) is 117 cm³/mol. The van der Waals surface area contributed by atoms with Gasteiger partial charge in [0.25, 0.3) is 0 Å². The van der Waals surface area contributed by atoms with Crippen LogP contribution in [0.15, 0.2) is 72.8 Å². The molecule has 1 aliphatic rings. The number of phenolic OH excluding ortho intramolecular Hbond substituents is 3. The Balaban J connectivity index is 1.90. The maximum atomic E-state index is 9.89. The van der Waals surface area contributed by atoms with Crippen LogP contribution in [0, 0.1) is 5.92 Å². The van der Waals surface area contributed by atoms with Crippen molar-refractivity contribution >= 4 is 0 Å². The van der Waals surface area contributed by atoms with Gasteiger partial charge in [0.15, 0.2) is 0 Å². The molecule has 3 aromatic carbocycles. The van der Waals surface area contributed by atoms with E-state index >= 15 is 0 Å². The summed E-state index contributed by atoms with van der Waals surface area (Å²) >= 11 is 0. The molecule has 0 aliphatic heterocycles. The average Bonchev–Trinajstić information content (AvgIpc) is 2.76. The number of benzene rings is 3. The second-order valence-corrected chi connectivity index (χ2v) is 8.22. The zero-order valence-corrected chi connectivity index (χ0v) is 17.2. The van der Waals surface area contributed by atoms with Crippen molar-refractivity contribution in [3.8, 4) is 17.2 Å². The summed E-state index contributed by atoms with van der Waals surface area (Å²) in [6.07, 6.45) is 3.02. The molecule has 3 aromatic rings. The highest BCUT2D eigenvalue weighted by Crippen LogP contribution is 2.54. The van der Waals surface area contributed by atoms with Gasteiger partial charge in [0.05, 0.1) is 6.61 Å². The van der Waals surface area contributed by atoms with E-state index in [0.717, 1.165) is 30.4 Å². The molecule has 2 atom stereocenters. The fourth-order valence-electron chi connectivity index (χ4n) is 5.29. The highest BCUT2D eigenvalue weighted by Gasteiger charge is 2.48. The summed E-state index contributed by atoms with van der Waals surface area (Å²) in [5.74, 6) is 1.15. The molecule has 0 amide bonds. The van der Waals surface area contributed by atoms with E-state index < -0.39 is 0 Å². The van der Waals surface area contributed by atoms with Gasteiger partial charge in [0, 0.05) is 18.4 Å². The van der Waals surface area contributed by atoms with Crippen LogP contribution in [0.1, 0.15) is 41.9 Å². The lowest BCUT2D eigenvalue weighted by Crippen LogP contribution is -2.45. The van der Waals surface area contributed by atoms with Gasteiger partial charge in [-0.25, -0.2) is 0 Å². The lowest BCUT2D eigenvalue weighted by atomic mass is 9.55. The summed E-state index contributed by atoms with van der Waals surface area (Å²) in [5.41, 5.74) is 3.14. The van der Waals surface area contributed by atoms with E-state index in [1.54, 1.807) is 43.5 Å². The molecule has 0 radical (unpaired) electrons.